The molecule has 9 nitrogen and oxygen atoms in total. The maximum atomic E-state index is 14.2. The van der Waals surface area contributed by atoms with Gasteiger partial charge in [0, 0.05) is 71.8 Å². The van der Waals surface area contributed by atoms with Gasteiger partial charge >= 0.3 is 6.18 Å². The molecule has 0 radical (unpaired) electrons. The largest absolute Gasteiger partial charge is 0.419 e. The molecule has 1 fully saturated rings. The minimum absolute atomic E-state index is 0.0384. The topological polar surface area (TPSA) is 110 Å². The van der Waals surface area contributed by atoms with Crippen LogP contribution in [0.1, 0.15) is 24.8 Å². The van der Waals surface area contributed by atoms with Crippen molar-refractivity contribution in [3.63, 3.8) is 0 Å². The van der Waals surface area contributed by atoms with Crippen molar-refractivity contribution in [2.75, 3.05) is 38.4 Å². The fraction of sp³-hybridized carbons (Fsp3) is 0.444. The number of aromatic amines is 1. The lowest BCUT2D eigenvalue weighted by atomic mass is 10.0. The molecule has 1 aliphatic carbocycles. The number of aromatic nitrogens is 5. The first kappa shape index (κ1) is 27.0. The number of rotatable bonds is 1. The Morgan fingerprint density at radius 2 is 1.93 bits per heavy atom. The highest BCUT2D eigenvalue weighted by molar-refractivity contribution is 7.70. The summed E-state index contributed by atoms with van der Waals surface area (Å²) in [5, 5.41) is 7.78. The normalized spacial score (nSPS) is 20.5. The van der Waals surface area contributed by atoms with Crippen molar-refractivity contribution >= 4 is 29.3 Å². The van der Waals surface area contributed by atoms with Gasteiger partial charge in [-0.15, -0.1) is 0 Å². The Balaban J connectivity index is 1.54. The van der Waals surface area contributed by atoms with Crippen molar-refractivity contribution < 1.29 is 22.5 Å². The molecule has 0 unspecified atom stereocenters. The van der Waals surface area contributed by atoms with Gasteiger partial charge < -0.3 is 29.5 Å². The number of nitrogens with one attached hydrogen (secondary N) is 3. The van der Waals surface area contributed by atoms with Gasteiger partial charge in [-0.05, 0) is 38.7 Å². The number of halogens is 3. The number of anilines is 1. The van der Waals surface area contributed by atoms with Crippen LogP contribution in [0.25, 0.3) is 33.5 Å². The van der Waals surface area contributed by atoms with Gasteiger partial charge in [-0.25, -0.2) is 15.0 Å². The molecule has 5 heterocycles. The van der Waals surface area contributed by atoms with Crippen LogP contribution in [0, 0.1) is 0 Å². The number of fused-ring (bicyclic) bond motifs is 6. The van der Waals surface area contributed by atoms with Crippen molar-refractivity contribution in [3.8, 4) is 22.6 Å². The maximum Gasteiger partial charge on any atom is 0.419 e. The van der Waals surface area contributed by atoms with Gasteiger partial charge in [0.15, 0.2) is 0 Å². The van der Waals surface area contributed by atoms with Crippen LogP contribution in [0.4, 0.5) is 19.1 Å². The first-order chi connectivity index (χ1) is 19.1. The number of hydrogen-bond acceptors (Lipinski definition) is 7. The van der Waals surface area contributed by atoms with Gasteiger partial charge in [-0.2, -0.15) is 13.2 Å². The fourth-order valence-electron chi connectivity index (χ4n) is 5.80. The highest BCUT2D eigenvalue weighted by Gasteiger charge is 2.37. The molecule has 40 heavy (non-hydrogen) atoms. The molecule has 0 saturated heterocycles. The van der Waals surface area contributed by atoms with E-state index in [2.05, 4.69) is 30.6 Å². The van der Waals surface area contributed by atoms with Crippen LogP contribution in [0.3, 0.4) is 0 Å². The van der Waals surface area contributed by atoms with Gasteiger partial charge in [0.25, 0.3) is 0 Å². The van der Waals surface area contributed by atoms with E-state index in [4.69, 9.17) is 4.74 Å². The van der Waals surface area contributed by atoms with E-state index in [1.54, 1.807) is 31.7 Å². The predicted molar refractivity (Wildman–Crippen MR) is 149 cm³/mol. The Kier molecular flexibility index (Phi) is 6.96. The van der Waals surface area contributed by atoms with Crippen LogP contribution in [0.15, 0.2) is 36.9 Å². The van der Waals surface area contributed by atoms with Crippen molar-refractivity contribution in [3.05, 3.63) is 42.5 Å². The molecule has 13 heteroatoms. The second-order valence-electron chi connectivity index (χ2n) is 10.8. The standard InChI is InChI=1S/C27H31F3N7O2P/c1-40(2,38)24-19-6-5-18-20(14-33-23(18)24)22-21(27(28,29)30)15-34-26(36-22)35-17-4-3-16(13-17)31-8-11-39-12-10-37-9-7-32-25(19)37/h5-7,9,14-17,31,33H,3-4,8,10-13H2,1-2H3,(H,34,35,36)/t16-,17-/m0/s1. The molecular formula is C27H31F3N7O2P. The smallest absolute Gasteiger partial charge is 0.378 e. The Morgan fingerprint density at radius 1 is 1.10 bits per heavy atom. The summed E-state index contributed by atoms with van der Waals surface area (Å²) in [6.07, 6.45) is 3.80. The first-order valence-electron chi connectivity index (χ1n) is 13.3. The van der Waals surface area contributed by atoms with Crippen LogP contribution in [-0.4, -0.2) is 69.7 Å². The van der Waals surface area contributed by atoms with Crippen LogP contribution < -0.4 is 15.9 Å². The number of imidazole rings is 1. The zero-order chi connectivity index (χ0) is 28.1. The molecule has 7 rings (SSSR count). The molecule has 3 aromatic heterocycles. The fourth-order valence-corrected chi connectivity index (χ4v) is 7.28. The quantitative estimate of drug-likeness (QED) is 0.283. The Bertz CT molecular complexity index is 1590. The monoisotopic (exact) mass is 573 g/mol. The Hall–Kier alpha value is -3.21. The molecule has 2 aliphatic heterocycles. The average Bonchev–Trinajstić information content (AvgIpc) is 3.63. The molecule has 1 saturated carbocycles. The number of H-pyrrole nitrogens is 1. The summed E-state index contributed by atoms with van der Waals surface area (Å²) in [5.74, 6) is 0.769. The predicted octanol–water partition coefficient (Wildman–Crippen LogP) is 4.71. The molecule has 4 aromatic rings. The Labute approximate surface area is 229 Å². The molecule has 0 amide bonds. The molecule has 0 spiro atoms. The van der Waals surface area contributed by atoms with E-state index in [0.29, 0.717) is 53.9 Å². The van der Waals surface area contributed by atoms with E-state index >= 15 is 0 Å². The van der Waals surface area contributed by atoms with E-state index < -0.39 is 18.9 Å². The summed E-state index contributed by atoms with van der Waals surface area (Å²) in [5.41, 5.74) is 0.285. The summed E-state index contributed by atoms with van der Waals surface area (Å²) in [4.78, 5) is 16.1. The van der Waals surface area contributed by atoms with Crippen LogP contribution in [-0.2, 0) is 22.0 Å². The molecule has 2 atom stereocenters. The molecule has 8 bridgehead atoms. The minimum Gasteiger partial charge on any atom is -0.378 e. The van der Waals surface area contributed by atoms with E-state index in [-0.39, 0.29) is 29.3 Å². The third-order valence-corrected chi connectivity index (χ3v) is 9.14. The lowest BCUT2D eigenvalue weighted by Crippen LogP contribution is -2.31. The van der Waals surface area contributed by atoms with Crippen molar-refractivity contribution in [2.24, 2.45) is 0 Å². The molecule has 212 valence electrons. The van der Waals surface area contributed by atoms with Crippen LogP contribution in [0.5, 0.6) is 0 Å². The lowest BCUT2D eigenvalue weighted by molar-refractivity contribution is -0.137. The molecular weight excluding hydrogens is 542 g/mol. The highest BCUT2D eigenvalue weighted by atomic mass is 31.2. The van der Waals surface area contributed by atoms with E-state index in [0.717, 1.165) is 25.5 Å². The molecule has 3 aliphatic rings. The highest BCUT2D eigenvalue weighted by Crippen LogP contribution is 2.44. The zero-order valence-corrected chi connectivity index (χ0v) is 23.1. The van der Waals surface area contributed by atoms with Gasteiger partial charge in [0.2, 0.25) is 5.95 Å². The van der Waals surface area contributed by atoms with Crippen molar-refractivity contribution in [2.45, 2.75) is 44.1 Å². The number of ether oxygens (including phenoxy) is 1. The third kappa shape index (κ3) is 5.15. The number of benzene rings is 1. The lowest BCUT2D eigenvalue weighted by Gasteiger charge is -2.18. The number of alkyl halides is 3. The van der Waals surface area contributed by atoms with E-state index in [1.165, 1.54) is 6.20 Å². The SMILES string of the molecule is CP(C)(=O)c1c2ccc3c(c[nH]c13)-c1nc(ncc1C(F)(F)F)N[C@H]1CC[C@@H](C1)NCCOCCn1ccnc1-2. The van der Waals surface area contributed by atoms with E-state index in [9.17, 15) is 17.7 Å². The summed E-state index contributed by atoms with van der Waals surface area (Å²) >= 11 is 0. The van der Waals surface area contributed by atoms with E-state index in [1.807, 2.05) is 10.8 Å². The zero-order valence-electron chi connectivity index (χ0n) is 22.3. The first-order valence-corrected chi connectivity index (χ1v) is 15.9. The number of nitrogens with zero attached hydrogens (tertiary/aromatic N) is 4. The summed E-state index contributed by atoms with van der Waals surface area (Å²) in [6.45, 7) is 5.57. The Morgan fingerprint density at radius 3 is 2.73 bits per heavy atom. The van der Waals surface area contributed by atoms with Crippen LogP contribution >= 0.6 is 7.14 Å². The van der Waals surface area contributed by atoms with Crippen molar-refractivity contribution in [1.29, 1.82) is 0 Å². The van der Waals surface area contributed by atoms with Gasteiger partial charge in [0.1, 0.15) is 18.5 Å². The summed E-state index contributed by atoms with van der Waals surface area (Å²) in [6, 6.07) is 3.84. The summed E-state index contributed by atoms with van der Waals surface area (Å²) in [7, 11) is -2.94. The molecule has 1 aromatic carbocycles. The van der Waals surface area contributed by atoms with Gasteiger partial charge in [-0.1, -0.05) is 6.07 Å². The van der Waals surface area contributed by atoms with Gasteiger partial charge in [0.05, 0.1) is 24.4 Å². The molecule has 3 N–H and O–H groups in total. The van der Waals surface area contributed by atoms with Crippen LogP contribution in [0.2, 0.25) is 0 Å². The van der Waals surface area contributed by atoms with Crippen molar-refractivity contribution in [1.82, 2.24) is 29.8 Å². The maximum absolute atomic E-state index is 14.2. The third-order valence-electron chi connectivity index (χ3n) is 7.59. The average molecular weight is 574 g/mol. The summed E-state index contributed by atoms with van der Waals surface area (Å²) < 4.78 is 64.0. The second kappa shape index (κ2) is 10.3. The number of hydrogen-bond donors (Lipinski definition) is 3. The second-order valence-corrected chi connectivity index (χ2v) is 13.9. The minimum atomic E-state index is -4.66. The van der Waals surface area contributed by atoms with Gasteiger partial charge in [-0.3, -0.25) is 0 Å².